The van der Waals surface area contributed by atoms with Crippen LogP contribution in [-0.4, -0.2) is 84.9 Å². The first kappa shape index (κ1) is 20.5. The van der Waals surface area contributed by atoms with Gasteiger partial charge in [-0.3, -0.25) is 14.4 Å². The van der Waals surface area contributed by atoms with E-state index in [9.17, 15) is 14.4 Å². The van der Waals surface area contributed by atoms with Crippen molar-refractivity contribution >= 4 is 39.1 Å². The molecule has 7 nitrogen and oxygen atoms in total. The van der Waals surface area contributed by atoms with Gasteiger partial charge in [0.25, 0.3) is 5.91 Å². The van der Waals surface area contributed by atoms with Crippen molar-refractivity contribution in [3.63, 3.8) is 0 Å². The number of carbonyl (C=O) groups is 3. The molecular formula is C23H27N3O4S. The summed E-state index contributed by atoms with van der Waals surface area (Å²) in [6.45, 7) is 4.51. The lowest BCUT2D eigenvalue weighted by molar-refractivity contribution is -0.137. The lowest BCUT2D eigenvalue weighted by atomic mass is 9.94. The highest BCUT2D eigenvalue weighted by atomic mass is 32.1. The number of carbonyl (C=O) groups excluding carboxylic acids is 3. The van der Waals surface area contributed by atoms with E-state index in [-0.39, 0.29) is 30.2 Å². The number of thiophene rings is 1. The van der Waals surface area contributed by atoms with Gasteiger partial charge in [0.1, 0.15) is 0 Å². The number of ether oxygens (including phenoxy) is 1. The zero-order valence-electron chi connectivity index (χ0n) is 17.5. The summed E-state index contributed by atoms with van der Waals surface area (Å²) in [5.41, 5.74) is 1.09. The molecule has 1 aromatic carbocycles. The van der Waals surface area contributed by atoms with E-state index in [1.807, 2.05) is 21.9 Å². The van der Waals surface area contributed by atoms with Crippen molar-refractivity contribution in [2.45, 2.75) is 25.2 Å². The summed E-state index contributed by atoms with van der Waals surface area (Å²) in [5, 5.41) is 1.12. The third kappa shape index (κ3) is 3.94. The van der Waals surface area contributed by atoms with Crippen molar-refractivity contribution in [3.05, 3.63) is 34.7 Å². The quantitative estimate of drug-likeness (QED) is 0.730. The maximum atomic E-state index is 13.4. The summed E-state index contributed by atoms with van der Waals surface area (Å²) in [5.74, 6) is 0.297. The maximum Gasteiger partial charge on any atom is 0.264 e. The average molecular weight is 442 g/mol. The first-order chi connectivity index (χ1) is 15.1. The molecule has 1 aromatic heterocycles. The molecule has 2 aromatic rings. The fourth-order valence-corrected chi connectivity index (χ4v) is 6.15. The molecule has 0 N–H and O–H groups in total. The number of hydrogen-bond acceptors (Lipinski definition) is 5. The summed E-state index contributed by atoms with van der Waals surface area (Å²) >= 11 is 1.56. The molecule has 0 spiro atoms. The summed E-state index contributed by atoms with van der Waals surface area (Å²) in [6.07, 6.45) is 2.22. The second kappa shape index (κ2) is 8.59. The van der Waals surface area contributed by atoms with Crippen LogP contribution in [0, 0.1) is 0 Å². The number of hydrogen-bond donors (Lipinski definition) is 0. The van der Waals surface area contributed by atoms with E-state index in [2.05, 4.69) is 12.1 Å². The zero-order valence-corrected chi connectivity index (χ0v) is 18.4. The zero-order chi connectivity index (χ0) is 21.4. The average Bonchev–Trinajstić information content (AvgIpc) is 3.52. The Hall–Kier alpha value is -2.45. The Bertz CT molecular complexity index is 1010. The van der Waals surface area contributed by atoms with Crippen LogP contribution in [0.2, 0.25) is 0 Å². The van der Waals surface area contributed by atoms with Crippen molar-refractivity contribution in [2.75, 3.05) is 52.5 Å². The molecule has 3 amide bonds. The van der Waals surface area contributed by atoms with Gasteiger partial charge >= 0.3 is 0 Å². The number of fused-ring (bicyclic) bond motifs is 1. The monoisotopic (exact) mass is 441 g/mol. The molecule has 0 aliphatic carbocycles. The highest BCUT2D eigenvalue weighted by Crippen LogP contribution is 2.40. The molecule has 0 saturated carbocycles. The number of amides is 3. The molecule has 3 aliphatic rings. The van der Waals surface area contributed by atoms with Gasteiger partial charge in [-0.2, -0.15) is 0 Å². The lowest BCUT2D eigenvalue weighted by Gasteiger charge is -2.27. The Kier molecular flexibility index (Phi) is 5.67. The normalized spacial score (nSPS) is 22.0. The van der Waals surface area contributed by atoms with Crippen molar-refractivity contribution in [2.24, 2.45) is 0 Å². The molecule has 1 atom stereocenters. The fourth-order valence-electron chi connectivity index (χ4n) is 4.90. The summed E-state index contributed by atoms with van der Waals surface area (Å²) in [7, 11) is 0. The summed E-state index contributed by atoms with van der Waals surface area (Å²) in [6, 6.07) is 8.17. The number of nitrogens with zero attached hydrogens (tertiary/aromatic N) is 3. The largest absolute Gasteiger partial charge is 0.378 e. The van der Waals surface area contributed by atoms with Gasteiger partial charge in [-0.25, -0.2) is 0 Å². The van der Waals surface area contributed by atoms with Gasteiger partial charge in [0.05, 0.1) is 24.6 Å². The Morgan fingerprint density at radius 3 is 2.65 bits per heavy atom. The molecule has 0 radical (unpaired) electrons. The Balaban J connectivity index is 1.38. The lowest BCUT2D eigenvalue weighted by Crippen LogP contribution is -2.41. The summed E-state index contributed by atoms with van der Waals surface area (Å²) < 4.78 is 6.53. The Morgan fingerprint density at radius 2 is 1.87 bits per heavy atom. The van der Waals surface area contributed by atoms with Crippen molar-refractivity contribution < 1.29 is 19.1 Å². The summed E-state index contributed by atoms with van der Waals surface area (Å²) in [4.78, 5) is 44.3. The van der Waals surface area contributed by atoms with Crippen molar-refractivity contribution in [1.29, 1.82) is 0 Å². The number of benzene rings is 1. The predicted molar refractivity (Wildman–Crippen MR) is 118 cm³/mol. The number of rotatable bonds is 4. The van der Waals surface area contributed by atoms with E-state index in [1.165, 1.54) is 0 Å². The van der Waals surface area contributed by atoms with Crippen LogP contribution < -0.4 is 0 Å². The van der Waals surface area contributed by atoms with Crippen LogP contribution in [0.5, 0.6) is 0 Å². The first-order valence-electron chi connectivity index (χ1n) is 11.1. The van der Waals surface area contributed by atoms with E-state index < -0.39 is 0 Å². The predicted octanol–water partition coefficient (Wildman–Crippen LogP) is 2.31. The Labute approximate surface area is 185 Å². The topological polar surface area (TPSA) is 70.2 Å². The van der Waals surface area contributed by atoms with Gasteiger partial charge in [0.2, 0.25) is 11.8 Å². The van der Waals surface area contributed by atoms with Gasteiger partial charge in [-0.1, -0.05) is 18.2 Å². The highest BCUT2D eigenvalue weighted by molar-refractivity contribution is 7.21. The van der Waals surface area contributed by atoms with E-state index in [1.54, 1.807) is 16.2 Å². The van der Waals surface area contributed by atoms with E-state index in [4.69, 9.17) is 4.74 Å². The second-order valence-electron chi connectivity index (χ2n) is 8.49. The number of morpholine rings is 1. The minimum Gasteiger partial charge on any atom is -0.378 e. The van der Waals surface area contributed by atoms with Gasteiger partial charge in [0, 0.05) is 49.8 Å². The second-order valence-corrected chi connectivity index (χ2v) is 9.54. The van der Waals surface area contributed by atoms with Crippen LogP contribution in [-0.2, 0) is 14.3 Å². The van der Waals surface area contributed by atoms with Crippen LogP contribution in [0.3, 0.4) is 0 Å². The van der Waals surface area contributed by atoms with Gasteiger partial charge in [-0.05, 0) is 29.9 Å². The van der Waals surface area contributed by atoms with Crippen molar-refractivity contribution in [3.8, 4) is 0 Å². The van der Waals surface area contributed by atoms with Gasteiger partial charge in [-0.15, -0.1) is 11.3 Å². The fraction of sp³-hybridized carbons (Fsp3) is 0.522. The standard InChI is InChI=1S/C23H27N3O4S/c27-19-6-3-8-25(19)15-20(28)26-9-7-16(14-26)21-17-4-1-2-5-18(17)31-22(21)23(29)24-10-12-30-13-11-24/h1-2,4-5,16H,3,6-15H2/t16-/m1/s1. The van der Waals surface area contributed by atoms with Crippen LogP contribution in [0.25, 0.3) is 10.1 Å². The first-order valence-corrected chi connectivity index (χ1v) is 11.9. The third-order valence-corrected chi connectivity index (χ3v) is 7.75. The van der Waals surface area contributed by atoms with E-state index >= 15 is 0 Å². The van der Waals surface area contributed by atoms with Gasteiger partial charge in [0.15, 0.2) is 0 Å². The maximum absolute atomic E-state index is 13.4. The van der Waals surface area contributed by atoms with Crippen LogP contribution in [0.15, 0.2) is 24.3 Å². The SMILES string of the molecule is O=C1CCCN1CC(=O)N1CC[C@@H](c2c(C(=O)N3CCOCC3)sc3ccccc23)C1. The third-order valence-electron chi connectivity index (χ3n) is 6.57. The molecule has 31 heavy (non-hydrogen) atoms. The molecule has 0 bridgehead atoms. The number of likely N-dealkylation sites (tertiary alicyclic amines) is 2. The molecule has 4 heterocycles. The smallest absolute Gasteiger partial charge is 0.264 e. The van der Waals surface area contributed by atoms with Crippen LogP contribution >= 0.6 is 11.3 Å². The minimum atomic E-state index is 0.0124. The molecule has 3 aliphatic heterocycles. The molecule has 164 valence electrons. The molecule has 8 heteroatoms. The molecule has 0 unspecified atom stereocenters. The molecule has 3 saturated heterocycles. The van der Waals surface area contributed by atoms with E-state index in [0.717, 1.165) is 33.4 Å². The molecule has 5 rings (SSSR count). The van der Waals surface area contributed by atoms with E-state index in [0.29, 0.717) is 52.4 Å². The molecule has 3 fully saturated rings. The highest BCUT2D eigenvalue weighted by Gasteiger charge is 2.35. The minimum absolute atomic E-state index is 0.0124. The molecular weight excluding hydrogens is 414 g/mol. The van der Waals surface area contributed by atoms with Crippen molar-refractivity contribution in [1.82, 2.24) is 14.7 Å². The van der Waals surface area contributed by atoms with Crippen LogP contribution in [0.1, 0.15) is 40.4 Å². The Morgan fingerprint density at radius 1 is 1.06 bits per heavy atom. The van der Waals surface area contributed by atoms with Gasteiger partial charge < -0.3 is 19.4 Å². The van der Waals surface area contributed by atoms with Crippen LogP contribution in [0.4, 0.5) is 0 Å².